The van der Waals surface area contributed by atoms with Crippen LogP contribution in [0.1, 0.15) is 42.0 Å². The molecule has 8 nitrogen and oxygen atoms in total. The molecular formula is C33H37N3O5S2. The van der Waals surface area contributed by atoms with E-state index < -0.39 is 17.9 Å². The number of piperidine rings is 1. The lowest BCUT2D eigenvalue weighted by Crippen LogP contribution is -2.51. The van der Waals surface area contributed by atoms with Crippen LogP contribution in [0.3, 0.4) is 0 Å². The number of amides is 3. The van der Waals surface area contributed by atoms with Gasteiger partial charge in [-0.25, -0.2) is 4.79 Å². The normalized spacial score (nSPS) is 16.6. The van der Waals surface area contributed by atoms with Gasteiger partial charge >= 0.3 is 17.9 Å². The summed E-state index contributed by atoms with van der Waals surface area (Å²) in [6, 6.07) is 26.6. The van der Waals surface area contributed by atoms with Crippen molar-refractivity contribution in [3.05, 3.63) is 102 Å². The SMILES string of the molecule is O=C(NC1CCN(C(=O)OCc2ccccc2)CC1)C(=O)NC(c1ccccc1OCc1ccccc1)C1SCCCS1. The molecule has 2 aliphatic rings. The fraction of sp³-hybridized carbons (Fsp3) is 0.364. The Balaban J connectivity index is 1.16. The topological polar surface area (TPSA) is 97.0 Å². The van der Waals surface area contributed by atoms with Gasteiger partial charge in [-0.1, -0.05) is 78.9 Å². The number of carbonyl (C=O) groups is 3. The van der Waals surface area contributed by atoms with Gasteiger partial charge in [-0.2, -0.15) is 0 Å². The minimum atomic E-state index is -0.667. The molecule has 2 aliphatic heterocycles. The summed E-state index contributed by atoms with van der Waals surface area (Å²) in [5, 5.41) is 5.92. The highest BCUT2D eigenvalue weighted by Crippen LogP contribution is 2.42. The van der Waals surface area contributed by atoms with Crippen LogP contribution >= 0.6 is 23.5 Å². The van der Waals surface area contributed by atoms with Gasteiger partial charge in [-0.05, 0) is 48.0 Å². The van der Waals surface area contributed by atoms with Crippen molar-refractivity contribution in [1.82, 2.24) is 15.5 Å². The molecule has 0 aromatic heterocycles. The molecule has 226 valence electrons. The van der Waals surface area contributed by atoms with Gasteiger partial charge in [0, 0.05) is 24.7 Å². The van der Waals surface area contributed by atoms with Gasteiger partial charge in [-0.15, -0.1) is 23.5 Å². The summed E-state index contributed by atoms with van der Waals surface area (Å²) < 4.78 is 11.7. The van der Waals surface area contributed by atoms with Crippen molar-refractivity contribution in [3.63, 3.8) is 0 Å². The number of nitrogens with zero attached hydrogens (tertiary/aromatic N) is 1. The van der Waals surface area contributed by atoms with E-state index in [0.29, 0.717) is 38.3 Å². The van der Waals surface area contributed by atoms with Crippen molar-refractivity contribution in [1.29, 1.82) is 0 Å². The summed E-state index contributed by atoms with van der Waals surface area (Å²) in [6.45, 7) is 1.52. The maximum absolute atomic E-state index is 13.3. The number of rotatable bonds is 9. The largest absolute Gasteiger partial charge is 0.489 e. The molecule has 0 radical (unpaired) electrons. The Morgan fingerprint density at radius 1 is 0.791 bits per heavy atom. The third-order valence-electron chi connectivity index (χ3n) is 7.40. The molecule has 2 saturated heterocycles. The predicted molar refractivity (Wildman–Crippen MR) is 171 cm³/mol. The first-order chi connectivity index (χ1) is 21.1. The minimum Gasteiger partial charge on any atom is -0.489 e. The van der Waals surface area contributed by atoms with Crippen molar-refractivity contribution < 1.29 is 23.9 Å². The molecule has 43 heavy (non-hydrogen) atoms. The molecule has 2 heterocycles. The van der Waals surface area contributed by atoms with E-state index in [1.165, 1.54) is 0 Å². The summed E-state index contributed by atoms with van der Waals surface area (Å²) >= 11 is 3.59. The fourth-order valence-electron chi connectivity index (χ4n) is 5.07. The Bertz CT molecular complexity index is 1350. The van der Waals surface area contributed by atoms with Crippen molar-refractivity contribution in [2.45, 2.75) is 49.1 Å². The molecule has 0 aliphatic carbocycles. The third kappa shape index (κ3) is 8.93. The van der Waals surface area contributed by atoms with Crippen LogP contribution in [0.15, 0.2) is 84.9 Å². The lowest BCUT2D eigenvalue weighted by atomic mass is 10.1. The molecule has 1 unspecified atom stereocenters. The first-order valence-corrected chi connectivity index (χ1v) is 16.7. The van der Waals surface area contributed by atoms with Crippen molar-refractivity contribution in [3.8, 4) is 5.75 Å². The van der Waals surface area contributed by atoms with Crippen LogP contribution in [-0.2, 0) is 27.5 Å². The summed E-state index contributed by atoms with van der Waals surface area (Å²) in [5.74, 6) is 1.35. The second-order valence-electron chi connectivity index (χ2n) is 10.5. The number of thioether (sulfide) groups is 2. The second kappa shape index (κ2) is 15.7. The zero-order valence-corrected chi connectivity index (χ0v) is 25.6. The Hall–Kier alpha value is -3.63. The van der Waals surface area contributed by atoms with E-state index >= 15 is 0 Å². The highest BCUT2D eigenvalue weighted by Gasteiger charge is 2.33. The molecular weight excluding hydrogens is 583 g/mol. The van der Waals surface area contributed by atoms with E-state index in [2.05, 4.69) is 10.6 Å². The van der Waals surface area contributed by atoms with Crippen LogP contribution in [0.4, 0.5) is 4.79 Å². The van der Waals surface area contributed by atoms with Gasteiger partial charge in [0.05, 0.1) is 10.6 Å². The predicted octanol–water partition coefficient (Wildman–Crippen LogP) is 5.54. The number of benzene rings is 3. The van der Waals surface area contributed by atoms with Crippen LogP contribution in [0, 0.1) is 0 Å². The van der Waals surface area contributed by atoms with E-state index in [0.717, 1.165) is 34.6 Å². The fourth-order valence-corrected chi connectivity index (χ4v) is 8.12. The number of hydrogen-bond donors (Lipinski definition) is 2. The van der Waals surface area contributed by atoms with Crippen LogP contribution < -0.4 is 15.4 Å². The summed E-state index contributed by atoms with van der Waals surface area (Å²) in [4.78, 5) is 40.5. The van der Waals surface area contributed by atoms with Gasteiger partial charge < -0.3 is 25.0 Å². The maximum atomic E-state index is 13.3. The van der Waals surface area contributed by atoms with Crippen LogP contribution in [0.25, 0.3) is 0 Å². The first kappa shape index (κ1) is 30.8. The number of likely N-dealkylation sites (tertiary alicyclic amines) is 1. The average molecular weight is 620 g/mol. The Labute approximate surface area is 261 Å². The maximum Gasteiger partial charge on any atom is 0.410 e. The smallest absolute Gasteiger partial charge is 0.410 e. The number of hydrogen-bond acceptors (Lipinski definition) is 7. The van der Waals surface area contributed by atoms with Gasteiger partial charge in [0.25, 0.3) is 0 Å². The zero-order valence-electron chi connectivity index (χ0n) is 24.0. The van der Waals surface area contributed by atoms with Crippen molar-refractivity contribution in [2.75, 3.05) is 24.6 Å². The van der Waals surface area contributed by atoms with Crippen LogP contribution in [-0.4, -0.2) is 58.0 Å². The lowest BCUT2D eigenvalue weighted by Gasteiger charge is -2.33. The third-order valence-corrected chi connectivity index (χ3v) is 10.5. The zero-order chi connectivity index (χ0) is 29.9. The number of ether oxygens (including phenoxy) is 2. The molecule has 3 aromatic carbocycles. The van der Waals surface area contributed by atoms with E-state index in [1.807, 2.05) is 84.9 Å². The minimum absolute atomic E-state index is 0.0529. The van der Waals surface area contributed by atoms with Gasteiger partial charge in [0.2, 0.25) is 0 Å². The first-order valence-electron chi connectivity index (χ1n) is 14.6. The van der Waals surface area contributed by atoms with E-state index in [4.69, 9.17) is 9.47 Å². The number of para-hydroxylation sites is 1. The van der Waals surface area contributed by atoms with E-state index in [9.17, 15) is 14.4 Å². The number of nitrogens with one attached hydrogen (secondary N) is 2. The molecule has 0 spiro atoms. The lowest BCUT2D eigenvalue weighted by molar-refractivity contribution is -0.140. The van der Waals surface area contributed by atoms with Gasteiger partial charge in [-0.3, -0.25) is 9.59 Å². The molecule has 3 aromatic rings. The Kier molecular flexibility index (Phi) is 11.3. The molecule has 0 saturated carbocycles. The Morgan fingerprint density at radius 3 is 2.07 bits per heavy atom. The average Bonchev–Trinajstić information content (AvgIpc) is 3.07. The van der Waals surface area contributed by atoms with Crippen molar-refractivity contribution >= 4 is 41.4 Å². The second-order valence-corrected chi connectivity index (χ2v) is 13.3. The highest BCUT2D eigenvalue weighted by molar-refractivity contribution is 8.17. The van der Waals surface area contributed by atoms with E-state index in [1.54, 1.807) is 28.4 Å². The monoisotopic (exact) mass is 619 g/mol. The van der Waals surface area contributed by atoms with E-state index in [-0.39, 0.29) is 23.3 Å². The van der Waals surface area contributed by atoms with Gasteiger partial charge in [0.15, 0.2) is 0 Å². The molecule has 10 heteroatoms. The summed E-state index contributed by atoms with van der Waals surface area (Å²) in [6.07, 6.45) is 1.84. The molecule has 3 amide bonds. The summed E-state index contributed by atoms with van der Waals surface area (Å²) in [7, 11) is 0. The summed E-state index contributed by atoms with van der Waals surface area (Å²) in [5.41, 5.74) is 2.83. The standard InChI is InChI=1S/C33H37N3O5S2/c37-30(34-26-16-18-36(19-17-26)33(39)41-23-25-12-5-2-6-13-25)31(38)35-29(32-42-20-9-21-43-32)27-14-7-8-15-28(27)40-22-24-10-3-1-4-11-24/h1-8,10-15,26,29,32H,9,16-23H2,(H,34,37)(H,35,38). The number of carbonyl (C=O) groups excluding carboxylic acids is 3. The van der Waals surface area contributed by atoms with Gasteiger partial charge in [0.1, 0.15) is 19.0 Å². The van der Waals surface area contributed by atoms with Crippen molar-refractivity contribution in [2.24, 2.45) is 0 Å². The molecule has 1 atom stereocenters. The molecule has 5 rings (SSSR count). The quantitative estimate of drug-likeness (QED) is 0.304. The Morgan fingerprint density at radius 2 is 1.40 bits per heavy atom. The molecule has 2 fully saturated rings. The highest BCUT2D eigenvalue weighted by atomic mass is 32.2. The van der Waals surface area contributed by atoms with Crippen LogP contribution in [0.2, 0.25) is 0 Å². The molecule has 0 bridgehead atoms. The van der Waals surface area contributed by atoms with Crippen LogP contribution in [0.5, 0.6) is 5.75 Å². The molecule has 2 N–H and O–H groups in total.